The van der Waals surface area contributed by atoms with Crippen molar-refractivity contribution in [2.45, 2.75) is 5.33 Å². The van der Waals surface area contributed by atoms with Crippen LogP contribution in [-0.4, -0.2) is 10.9 Å². The van der Waals surface area contributed by atoms with Gasteiger partial charge in [0.25, 0.3) is 5.91 Å². The summed E-state index contributed by atoms with van der Waals surface area (Å²) >= 11 is 3.49. The zero-order valence-corrected chi connectivity index (χ0v) is 12.8. The van der Waals surface area contributed by atoms with E-state index in [0.29, 0.717) is 11.3 Å². The van der Waals surface area contributed by atoms with Gasteiger partial charge < -0.3 is 5.32 Å². The van der Waals surface area contributed by atoms with Gasteiger partial charge >= 0.3 is 0 Å². The van der Waals surface area contributed by atoms with Gasteiger partial charge in [0.05, 0.1) is 11.9 Å². The van der Waals surface area contributed by atoms with Gasteiger partial charge in [0, 0.05) is 17.1 Å². The molecule has 0 saturated carbocycles. The maximum absolute atomic E-state index is 12.5. The molecule has 0 fully saturated rings. The highest BCUT2D eigenvalue weighted by molar-refractivity contribution is 9.08. The Morgan fingerprint density at radius 1 is 1.05 bits per heavy atom. The molecule has 0 atom stereocenters. The summed E-state index contributed by atoms with van der Waals surface area (Å²) in [7, 11) is 0. The molecule has 21 heavy (non-hydrogen) atoms. The van der Waals surface area contributed by atoms with Crippen LogP contribution in [0, 0.1) is 0 Å². The van der Waals surface area contributed by atoms with Gasteiger partial charge in [0.2, 0.25) is 0 Å². The van der Waals surface area contributed by atoms with Crippen LogP contribution in [0.25, 0.3) is 10.8 Å². The Labute approximate surface area is 131 Å². The zero-order valence-electron chi connectivity index (χ0n) is 11.2. The fourth-order valence-corrected chi connectivity index (χ4v) is 2.80. The summed E-state index contributed by atoms with van der Waals surface area (Å²) in [5, 5.41) is 5.68. The van der Waals surface area contributed by atoms with Gasteiger partial charge in [-0.15, -0.1) is 0 Å². The molecule has 104 valence electrons. The lowest BCUT2D eigenvalue weighted by Gasteiger charge is -2.10. The van der Waals surface area contributed by atoms with E-state index < -0.39 is 0 Å². The minimum absolute atomic E-state index is 0.125. The molecule has 0 aliphatic carbocycles. The van der Waals surface area contributed by atoms with E-state index in [1.165, 1.54) is 5.56 Å². The number of carbonyl (C=O) groups excluding carboxylic acids is 1. The smallest absolute Gasteiger partial charge is 0.256 e. The van der Waals surface area contributed by atoms with E-state index in [-0.39, 0.29) is 5.91 Å². The lowest BCUT2D eigenvalue weighted by Crippen LogP contribution is -2.12. The van der Waals surface area contributed by atoms with Crippen molar-refractivity contribution in [1.29, 1.82) is 0 Å². The molecule has 0 saturated heterocycles. The van der Waals surface area contributed by atoms with Crippen molar-refractivity contribution < 1.29 is 4.79 Å². The summed E-state index contributed by atoms with van der Waals surface area (Å²) in [5.41, 5.74) is 2.53. The molecule has 3 aromatic rings. The Kier molecular flexibility index (Phi) is 3.97. The maximum atomic E-state index is 12.5. The quantitative estimate of drug-likeness (QED) is 0.718. The fourth-order valence-electron chi connectivity index (χ4n) is 2.31. The Morgan fingerprint density at radius 3 is 2.57 bits per heavy atom. The molecule has 1 N–H and O–H groups in total. The third-order valence-electron chi connectivity index (χ3n) is 3.32. The molecule has 0 aliphatic heterocycles. The first-order chi connectivity index (χ1) is 10.3. The molecule has 3 rings (SSSR count). The van der Waals surface area contributed by atoms with E-state index in [1.807, 2.05) is 42.5 Å². The number of hydrogen-bond donors (Lipinski definition) is 1. The molecule has 3 nitrogen and oxygen atoms in total. The van der Waals surface area contributed by atoms with Crippen LogP contribution in [0.3, 0.4) is 0 Å². The van der Waals surface area contributed by atoms with Crippen LogP contribution in [0.2, 0.25) is 0 Å². The van der Waals surface area contributed by atoms with Crippen molar-refractivity contribution >= 4 is 38.3 Å². The normalized spacial score (nSPS) is 10.5. The number of fused-ring (bicyclic) bond motifs is 1. The third-order valence-corrected chi connectivity index (χ3v) is 3.93. The predicted molar refractivity (Wildman–Crippen MR) is 88.8 cm³/mol. The van der Waals surface area contributed by atoms with E-state index in [4.69, 9.17) is 0 Å². The molecule has 0 unspecified atom stereocenters. The number of anilines is 1. The van der Waals surface area contributed by atoms with Crippen molar-refractivity contribution in [3.63, 3.8) is 0 Å². The van der Waals surface area contributed by atoms with Crippen LogP contribution in [0.4, 0.5) is 5.69 Å². The Morgan fingerprint density at radius 2 is 1.86 bits per heavy atom. The van der Waals surface area contributed by atoms with E-state index in [2.05, 4.69) is 26.2 Å². The number of hydrogen-bond acceptors (Lipinski definition) is 2. The van der Waals surface area contributed by atoms with E-state index in [0.717, 1.165) is 16.1 Å². The summed E-state index contributed by atoms with van der Waals surface area (Å²) in [5.74, 6) is -0.125. The average Bonchev–Trinajstić information content (AvgIpc) is 2.54. The van der Waals surface area contributed by atoms with Gasteiger partial charge in [0.15, 0.2) is 0 Å². The number of benzene rings is 2. The molecule has 1 aromatic heterocycles. The molecule has 0 aliphatic rings. The predicted octanol–water partition coefficient (Wildman–Crippen LogP) is 4.38. The standard InChI is InChI=1S/C17H13BrN2O/c18-10-12-7-8-16(15-6-2-1-5-14(12)15)17(21)20-13-4-3-9-19-11-13/h1-9,11H,10H2,(H,20,21). The first-order valence-electron chi connectivity index (χ1n) is 6.57. The van der Waals surface area contributed by atoms with Crippen molar-refractivity contribution in [2.75, 3.05) is 5.32 Å². The van der Waals surface area contributed by atoms with Gasteiger partial charge in [-0.1, -0.05) is 46.3 Å². The largest absolute Gasteiger partial charge is 0.321 e. The first kappa shape index (κ1) is 13.8. The highest BCUT2D eigenvalue weighted by atomic mass is 79.9. The molecule has 4 heteroatoms. The van der Waals surface area contributed by atoms with Crippen molar-refractivity contribution in [3.05, 3.63) is 72.1 Å². The molecule has 0 spiro atoms. The molecular weight excluding hydrogens is 328 g/mol. The second-order valence-electron chi connectivity index (χ2n) is 4.65. The minimum atomic E-state index is -0.125. The number of carbonyl (C=O) groups is 1. The maximum Gasteiger partial charge on any atom is 0.256 e. The van der Waals surface area contributed by atoms with Crippen LogP contribution < -0.4 is 5.32 Å². The van der Waals surface area contributed by atoms with Gasteiger partial charge in [-0.3, -0.25) is 9.78 Å². The summed E-state index contributed by atoms with van der Waals surface area (Å²) in [6.45, 7) is 0. The highest BCUT2D eigenvalue weighted by Gasteiger charge is 2.12. The number of nitrogens with zero attached hydrogens (tertiary/aromatic N) is 1. The number of pyridine rings is 1. The number of alkyl halides is 1. The number of halogens is 1. The monoisotopic (exact) mass is 340 g/mol. The topological polar surface area (TPSA) is 42.0 Å². The van der Waals surface area contributed by atoms with Crippen LogP contribution >= 0.6 is 15.9 Å². The summed E-state index contributed by atoms with van der Waals surface area (Å²) < 4.78 is 0. The van der Waals surface area contributed by atoms with E-state index in [1.54, 1.807) is 18.5 Å². The van der Waals surface area contributed by atoms with Crippen LogP contribution in [0.15, 0.2) is 60.9 Å². The van der Waals surface area contributed by atoms with E-state index >= 15 is 0 Å². The van der Waals surface area contributed by atoms with Crippen molar-refractivity contribution in [3.8, 4) is 0 Å². The lowest BCUT2D eigenvalue weighted by molar-refractivity contribution is 0.102. The molecule has 1 amide bonds. The second kappa shape index (κ2) is 6.06. The number of nitrogens with one attached hydrogen (secondary N) is 1. The van der Waals surface area contributed by atoms with Crippen molar-refractivity contribution in [1.82, 2.24) is 4.98 Å². The van der Waals surface area contributed by atoms with Gasteiger partial charge in [0.1, 0.15) is 0 Å². The van der Waals surface area contributed by atoms with Crippen molar-refractivity contribution in [2.24, 2.45) is 0 Å². The van der Waals surface area contributed by atoms with Crippen LogP contribution in [0.5, 0.6) is 0 Å². The lowest BCUT2D eigenvalue weighted by atomic mass is 10.00. The van der Waals surface area contributed by atoms with Gasteiger partial charge in [-0.05, 0) is 34.5 Å². The summed E-state index contributed by atoms with van der Waals surface area (Å²) in [6.07, 6.45) is 3.31. The van der Waals surface area contributed by atoms with E-state index in [9.17, 15) is 4.79 Å². The average molecular weight is 341 g/mol. The number of rotatable bonds is 3. The highest BCUT2D eigenvalue weighted by Crippen LogP contribution is 2.25. The minimum Gasteiger partial charge on any atom is -0.321 e. The van der Waals surface area contributed by atoms with Crippen LogP contribution in [0.1, 0.15) is 15.9 Å². The number of aromatic nitrogens is 1. The summed E-state index contributed by atoms with van der Waals surface area (Å²) in [6, 6.07) is 15.4. The SMILES string of the molecule is O=C(Nc1cccnc1)c1ccc(CBr)c2ccccc12. The Balaban J connectivity index is 2.03. The Hall–Kier alpha value is -2.20. The molecule has 2 aromatic carbocycles. The Bertz CT molecular complexity index is 787. The fraction of sp³-hybridized carbons (Fsp3) is 0.0588. The molecule has 1 heterocycles. The summed E-state index contributed by atoms with van der Waals surface area (Å²) in [4.78, 5) is 16.5. The molecular formula is C17H13BrN2O. The number of amides is 1. The van der Waals surface area contributed by atoms with Gasteiger partial charge in [-0.25, -0.2) is 0 Å². The second-order valence-corrected chi connectivity index (χ2v) is 5.21. The first-order valence-corrected chi connectivity index (χ1v) is 7.69. The third kappa shape index (κ3) is 2.81. The molecule has 0 bridgehead atoms. The molecule has 0 radical (unpaired) electrons. The zero-order chi connectivity index (χ0) is 14.7. The van der Waals surface area contributed by atoms with Gasteiger partial charge in [-0.2, -0.15) is 0 Å². The van der Waals surface area contributed by atoms with Crippen LogP contribution in [-0.2, 0) is 5.33 Å².